The average Bonchev–Trinajstić information content (AvgIpc) is 2.01. The number of hydrogen-bond acceptors (Lipinski definition) is 1. The number of carbonyl (C=O) groups is 1. The summed E-state index contributed by atoms with van der Waals surface area (Å²) in [6, 6.07) is 0. The lowest BCUT2D eigenvalue weighted by molar-refractivity contribution is -0.120. The maximum atomic E-state index is 10.9. The number of unbranched alkanes of at least 4 members (excludes halogenated alkanes) is 1. The fraction of sp³-hybridized carbons (Fsp3) is 0.625. The molecule has 0 spiro atoms. The molecule has 0 aliphatic carbocycles. The van der Waals surface area contributed by atoms with Crippen LogP contribution in [0.25, 0.3) is 0 Å². The molecule has 0 saturated carbocycles. The molecule has 2 nitrogen and oxygen atoms in total. The minimum absolute atomic E-state index is 0.117. The Morgan fingerprint density at radius 3 is 2.82 bits per heavy atom. The Labute approximate surface area is 76.2 Å². The molecule has 1 N–H and O–H groups in total. The predicted octanol–water partition coefficient (Wildman–Crippen LogP) is 1.85. The summed E-state index contributed by atoms with van der Waals surface area (Å²) in [5, 5.41) is 3.69. The Kier molecular flexibility index (Phi) is 7.57. The van der Waals surface area contributed by atoms with Crippen molar-refractivity contribution in [3.63, 3.8) is 0 Å². The molecule has 0 rings (SSSR count). The van der Waals surface area contributed by atoms with E-state index in [0.29, 0.717) is 13.0 Å². The zero-order valence-corrected chi connectivity index (χ0v) is 8.19. The van der Waals surface area contributed by atoms with E-state index < -0.39 is 0 Å². The van der Waals surface area contributed by atoms with Crippen LogP contribution in [-0.4, -0.2) is 17.8 Å². The van der Waals surface area contributed by atoms with Gasteiger partial charge in [0.05, 0.1) is 0 Å². The number of nitrogens with one attached hydrogen (secondary N) is 1. The van der Waals surface area contributed by atoms with Crippen molar-refractivity contribution in [1.29, 1.82) is 0 Å². The molecule has 0 aromatic heterocycles. The summed E-state index contributed by atoms with van der Waals surface area (Å²) in [6.45, 7) is 4.08. The van der Waals surface area contributed by atoms with E-state index in [-0.39, 0.29) is 5.91 Å². The molecule has 0 unspecified atom stereocenters. The first-order valence-corrected chi connectivity index (χ1v) is 4.87. The molecular formula is C8H14BrNO. The van der Waals surface area contributed by atoms with E-state index in [9.17, 15) is 4.79 Å². The van der Waals surface area contributed by atoms with Crippen LogP contribution in [0.15, 0.2) is 12.7 Å². The zero-order valence-electron chi connectivity index (χ0n) is 6.61. The van der Waals surface area contributed by atoms with Gasteiger partial charge in [0.15, 0.2) is 0 Å². The second-order valence-corrected chi connectivity index (χ2v) is 3.03. The van der Waals surface area contributed by atoms with Gasteiger partial charge in [-0.25, -0.2) is 0 Å². The molecule has 0 aromatic rings. The molecule has 0 aliphatic rings. The summed E-state index contributed by atoms with van der Waals surface area (Å²) in [6.07, 6.45) is 4.32. The van der Waals surface area contributed by atoms with Gasteiger partial charge < -0.3 is 5.32 Å². The van der Waals surface area contributed by atoms with Crippen LogP contribution < -0.4 is 5.32 Å². The molecule has 0 saturated heterocycles. The van der Waals surface area contributed by atoms with Gasteiger partial charge in [-0.3, -0.25) is 4.79 Å². The summed E-state index contributed by atoms with van der Waals surface area (Å²) in [5.41, 5.74) is 0. The van der Waals surface area contributed by atoms with Crippen molar-refractivity contribution in [2.75, 3.05) is 11.9 Å². The Morgan fingerprint density at radius 2 is 2.27 bits per heavy atom. The highest BCUT2D eigenvalue weighted by Crippen LogP contribution is 1.97. The second kappa shape index (κ2) is 7.79. The number of amides is 1. The van der Waals surface area contributed by atoms with Crippen LogP contribution in [0.4, 0.5) is 0 Å². The van der Waals surface area contributed by atoms with Gasteiger partial charge in [0.25, 0.3) is 0 Å². The molecule has 11 heavy (non-hydrogen) atoms. The van der Waals surface area contributed by atoms with Gasteiger partial charge in [0.1, 0.15) is 0 Å². The van der Waals surface area contributed by atoms with Crippen molar-refractivity contribution in [2.24, 2.45) is 0 Å². The molecule has 0 radical (unpaired) electrons. The monoisotopic (exact) mass is 219 g/mol. The lowest BCUT2D eigenvalue weighted by atomic mass is 10.2. The maximum Gasteiger partial charge on any atom is 0.220 e. The van der Waals surface area contributed by atoms with Crippen molar-refractivity contribution in [2.45, 2.75) is 19.3 Å². The Hall–Kier alpha value is -0.310. The first kappa shape index (κ1) is 10.7. The van der Waals surface area contributed by atoms with E-state index in [1.165, 1.54) is 0 Å². The smallest absolute Gasteiger partial charge is 0.220 e. The SMILES string of the molecule is C=CCNC(=O)CCCCBr. The third-order valence-electron chi connectivity index (χ3n) is 1.23. The van der Waals surface area contributed by atoms with E-state index >= 15 is 0 Å². The summed E-state index contributed by atoms with van der Waals surface area (Å²) in [5.74, 6) is 0.117. The van der Waals surface area contributed by atoms with E-state index in [1.807, 2.05) is 0 Å². The fourth-order valence-electron chi connectivity index (χ4n) is 0.654. The van der Waals surface area contributed by atoms with Crippen LogP contribution in [0.5, 0.6) is 0 Å². The van der Waals surface area contributed by atoms with Crippen molar-refractivity contribution in [1.82, 2.24) is 5.32 Å². The van der Waals surface area contributed by atoms with Gasteiger partial charge in [0.2, 0.25) is 5.91 Å². The summed E-state index contributed by atoms with van der Waals surface area (Å²) in [7, 11) is 0. The second-order valence-electron chi connectivity index (χ2n) is 2.24. The third kappa shape index (κ3) is 7.59. The zero-order chi connectivity index (χ0) is 8.53. The fourth-order valence-corrected chi connectivity index (χ4v) is 1.05. The number of alkyl halides is 1. The average molecular weight is 220 g/mol. The van der Waals surface area contributed by atoms with Gasteiger partial charge in [-0.15, -0.1) is 6.58 Å². The normalized spacial score (nSPS) is 9.18. The highest BCUT2D eigenvalue weighted by atomic mass is 79.9. The van der Waals surface area contributed by atoms with Crippen LogP contribution in [0.1, 0.15) is 19.3 Å². The van der Waals surface area contributed by atoms with Gasteiger partial charge in [-0.2, -0.15) is 0 Å². The van der Waals surface area contributed by atoms with Gasteiger partial charge in [-0.05, 0) is 12.8 Å². The Bertz CT molecular complexity index is 125. The molecular weight excluding hydrogens is 206 g/mol. The van der Waals surface area contributed by atoms with E-state index in [0.717, 1.165) is 18.2 Å². The molecule has 1 amide bonds. The van der Waals surface area contributed by atoms with Crippen molar-refractivity contribution in [3.8, 4) is 0 Å². The molecule has 0 aromatic carbocycles. The quantitative estimate of drug-likeness (QED) is 0.413. The Balaban J connectivity index is 3.15. The number of carbonyl (C=O) groups excluding carboxylic acids is 1. The standard InChI is InChI=1S/C8H14BrNO/c1-2-7-10-8(11)5-3-4-6-9/h2H,1,3-7H2,(H,10,11). The molecule has 0 fully saturated rings. The number of hydrogen-bond donors (Lipinski definition) is 1. The maximum absolute atomic E-state index is 10.9. The molecule has 0 bridgehead atoms. The molecule has 0 heterocycles. The largest absolute Gasteiger partial charge is 0.353 e. The first-order valence-electron chi connectivity index (χ1n) is 3.74. The number of rotatable bonds is 6. The van der Waals surface area contributed by atoms with Crippen LogP contribution in [-0.2, 0) is 4.79 Å². The number of halogens is 1. The lowest BCUT2D eigenvalue weighted by Crippen LogP contribution is -2.22. The van der Waals surface area contributed by atoms with Crippen LogP contribution in [0.2, 0.25) is 0 Å². The van der Waals surface area contributed by atoms with Crippen LogP contribution in [0.3, 0.4) is 0 Å². The third-order valence-corrected chi connectivity index (χ3v) is 1.79. The van der Waals surface area contributed by atoms with Gasteiger partial charge >= 0.3 is 0 Å². The summed E-state index contributed by atoms with van der Waals surface area (Å²) in [4.78, 5) is 10.9. The molecule has 0 aliphatic heterocycles. The Morgan fingerprint density at radius 1 is 1.55 bits per heavy atom. The summed E-state index contributed by atoms with van der Waals surface area (Å²) >= 11 is 3.30. The van der Waals surface area contributed by atoms with Gasteiger partial charge in [0, 0.05) is 18.3 Å². The highest BCUT2D eigenvalue weighted by molar-refractivity contribution is 9.09. The summed E-state index contributed by atoms with van der Waals surface area (Å²) < 4.78 is 0. The topological polar surface area (TPSA) is 29.1 Å². The van der Waals surface area contributed by atoms with Crippen LogP contribution in [0, 0.1) is 0 Å². The van der Waals surface area contributed by atoms with Crippen molar-refractivity contribution in [3.05, 3.63) is 12.7 Å². The predicted molar refractivity (Wildman–Crippen MR) is 50.9 cm³/mol. The highest BCUT2D eigenvalue weighted by Gasteiger charge is 1.97. The van der Waals surface area contributed by atoms with Gasteiger partial charge in [-0.1, -0.05) is 22.0 Å². The van der Waals surface area contributed by atoms with Crippen LogP contribution >= 0.6 is 15.9 Å². The molecule has 3 heteroatoms. The van der Waals surface area contributed by atoms with E-state index in [1.54, 1.807) is 6.08 Å². The first-order chi connectivity index (χ1) is 5.31. The lowest BCUT2D eigenvalue weighted by Gasteiger charge is -1.99. The minimum Gasteiger partial charge on any atom is -0.353 e. The molecule has 64 valence electrons. The minimum atomic E-state index is 0.117. The van der Waals surface area contributed by atoms with E-state index in [4.69, 9.17) is 0 Å². The van der Waals surface area contributed by atoms with Crippen molar-refractivity contribution >= 4 is 21.8 Å². The van der Waals surface area contributed by atoms with E-state index in [2.05, 4.69) is 27.8 Å². The van der Waals surface area contributed by atoms with Crippen molar-refractivity contribution < 1.29 is 4.79 Å². The molecule has 0 atom stereocenters.